The van der Waals surface area contributed by atoms with Crippen molar-refractivity contribution in [2.75, 3.05) is 27.4 Å². The minimum Gasteiger partial charge on any atom is -0.462 e. The minimum atomic E-state index is -1.85. The van der Waals surface area contributed by atoms with Crippen LogP contribution >= 0.6 is 0 Å². The van der Waals surface area contributed by atoms with Gasteiger partial charge in [-0.3, -0.25) is 9.59 Å². The quantitative estimate of drug-likeness (QED) is 0.0569. The molecule has 6 N–H and O–H groups in total. The summed E-state index contributed by atoms with van der Waals surface area (Å²) in [7, 11) is 3.16. The molecule has 8 fully saturated rings. The Kier molecular flexibility index (Phi) is 26.3. The largest absolute Gasteiger partial charge is 0.462 e. The first kappa shape index (κ1) is 82.6. The molecule has 2 saturated carbocycles. The lowest BCUT2D eigenvalue weighted by Crippen LogP contribution is -2.57. The number of fused-ring (bicyclic) bond motifs is 4. The van der Waals surface area contributed by atoms with Gasteiger partial charge in [-0.05, 0) is 137 Å². The van der Waals surface area contributed by atoms with Crippen molar-refractivity contribution in [3.05, 3.63) is 119 Å². The number of carbonyl (C=O) groups excluding carboxylic acids is 2. The molecule has 2 spiro atoms. The Bertz CT molecular complexity index is 3420. The number of oxime groups is 2. The second-order valence-electron chi connectivity index (χ2n) is 34.1. The fourth-order valence-electron chi connectivity index (χ4n) is 20.0. The van der Waals surface area contributed by atoms with Gasteiger partial charge >= 0.3 is 11.9 Å². The summed E-state index contributed by atoms with van der Waals surface area (Å²) in [4.78, 5) is 28.7. The standard InChI is InChI=1S/2C43H61NO11/c2*1-24-11-10-14-30-23-50-40-36(44-48)27(4)19-33(43(30,40)47)41(46)52-32-20-31(16-15-25(2)38(24)53-35-21-34(49-6)37(45)28(5)51-35)54-42(22-32)18-17-26(3)39(55-42)29-12-8-7-9-13-29/h2*10-11,14-15,17-19,24,26,28-29,31-35,37-40,45,47-48H,7-9,12-13,16,20-23H2,1-6H3/b11-10-,25-15-,30-14?,44-36+;11-10-,25-15-,30-14?,44-36-/t2*24-,26-,28-,31+,32-,33-,34-,35-,37-,38-,39-,40+,42+,43+/m00/s1. The highest BCUT2D eigenvalue weighted by Crippen LogP contribution is 2.51. The third kappa shape index (κ3) is 17.2. The van der Waals surface area contributed by atoms with E-state index in [-0.39, 0.29) is 72.7 Å². The molecule has 14 rings (SSSR count). The average molecular weight is 1540 g/mol. The van der Waals surface area contributed by atoms with Gasteiger partial charge in [0.05, 0.1) is 74.3 Å². The third-order valence-corrected chi connectivity index (χ3v) is 26.3. The molecule has 10 aliphatic heterocycles. The van der Waals surface area contributed by atoms with E-state index in [1.165, 1.54) is 38.5 Å². The van der Waals surface area contributed by atoms with Crippen LogP contribution in [0.3, 0.4) is 0 Å². The van der Waals surface area contributed by atoms with Crippen LogP contribution < -0.4 is 0 Å². The molecule has 24 heteroatoms. The number of ether oxygens (including phenoxy) is 14. The molecule has 110 heavy (non-hydrogen) atoms. The normalized spacial score (nSPS) is 46.7. The van der Waals surface area contributed by atoms with Crippen LogP contribution in [0.15, 0.2) is 129 Å². The number of aliphatic hydroxyl groups excluding tert-OH is 2. The van der Waals surface area contributed by atoms with E-state index in [4.69, 9.17) is 66.3 Å². The maximum atomic E-state index is 14.4. The smallest absolute Gasteiger partial charge is 0.316 e. The summed E-state index contributed by atoms with van der Waals surface area (Å²) >= 11 is 0. The van der Waals surface area contributed by atoms with E-state index < -0.39 is 132 Å². The summed E-state index contributed by atoms with van der Waals surface area (Å²) in [6.07, 6.45) is 32.7. The van der Waals surface area contributed by atoms with Crippen LogP contribution in [0.5, 0.6) is 0 Å². The predicted octanol–water partition coefficient (Wildman–Crippen LogP) is 11.7. The molecule has 0 unspecified atom stereocenters. The van der Waals surface area contributed by atoms with E-state index >= 15 is 0 Å². The van der Waals surface area contributed by atoms with E-state index in [0.717, 1.165) is 36.8 Å². The highest BCUT2D eigenvalue weighted by atomic mass is 16.7. The monoisotopic (exact) mass is 1530 g/mol. The Balaban J connectivity index is 0.000000193. The number of nitrogens with zero attached hydrogens (tertiary/aromatic N) is 2. The third-order valence-electron chi connectivity index (χ3n) is 26.3. The molecular formula is C86H122N2O22. The molecule has 0 aromatic carbocycles. The second kappa shape index (κ2) is 35.0. The van der Waals surface area contributed by atoms with Crippen LogP contribution in [0.25, 0.3) is 0 Å². The summed E-state index contributed by atoms with van der Waals surface area (Å²) < 4.78 is 89.7. The Hall–Kier alpha value is -5.36. The molecule has 0 aromatic rings. The number of rotatable bonds is 8. The minimum absolute atomic E-state index is 0.0156. The molecule has 0 radical (unpaired) electrons. The van der Waals surface area contributed by atoms with E-state index in [9.17, 15) is 40.4 Å². The van der Waals surface area contributed by atoms with Crippen molar-refractivity contribution in [2.45, 2.75) is 318 Å². The molecule has 608 valence electrons. The first-order valence-corrected chi connectivity index (χ1v) is 40.8. The average Bonchev–Trinajstić information content (AvgIpc) is 1.55. The zero-order valence-corrected chi connectivity index (χ0v) is 66.3. The number of esters is 2. The van der Waals surface area contributed by atoms with E-state index in [1.807, 2.05) is 64.2 Å². The van der Waals surface area contributed by atoms with Gasteiger partial charge in [0.2, 0.25) is 0 Å². The highest BCUT2D eigenvalue weighted by Gasteiger charge is 2.62. The van der Waals surface area contributed by atoms with Crippen molar-refractivity contribution >= 4 is 23.4 Å². The lowest BCUT2D eigenvalue weighted by atomic mass is 9.71. The summed E-state index contributed by atoms with van der Waals surface area (Å²) in [5.74, 6) is -4.59. The van der Waals surface area contributed by atoms with Crippen molar-refractivity contribution in [1.82, 2.24) is 0 Å². The molecule has 0 amide bonds. The van der Waals surface area contributed by atoms with Gasteiger partial charge in [0, 0.05) is 76.4 Å². The van der Waals surface area contributed by atoms with Gasteiger partial charge < -0.3 is 97.2 Å². The summed E-state index contributed by atoms with van der Waals surface area (Å²) in [5, 5.41) is 73.2. The van der Waals surface area contributed by atoms with Crippen LogP contribution in [0.4, 0.5) is 0 Å². The highest BCUT2D eigenvalue weighted by molar-refractivity contribution is 6.07. The Morgan fingerprint density at radius 3 is 1.26 bits per heavy atom. The topological polar surface area (TPSA) is 309 Å². The molecule has 4 aliphatic carbocycles. The van der Waals surface area contributed by atoms with Crippen molar-refractivity contribution < 1.29 is 107 Å². The van der Waals surface area contributed by atoms with Gasteiger partial charge in [0.25, 0.3) is 0 Å². The number of hydrogen-bond donors (Lipinski definition) is 6. The number of hydrogen-bond acceptors (Lipinski definition) is 24. The molecule has 6 saturated heterocycles. The van der Waals surface area contributed by atoms with Crippen molar-refractivity contribution in [3.63, 3.8) is 0 Å². The summed E-state index contributed by atoms with van der Waals surface area (Å²) in [6.45, 7) is 19.7. The first-order valence-electron chi connectivity index (χ1n) is 40.8. The van der Waals surface area contributed by atoms with E-state index in [0.29, 0.717) is 85.5 Å². The van der Waals surface area contributed by atoms with Crippen LogP contribution in [0, 0.1) is 47.3 Å². The first-order chi connectivity index (χ1) is 52.7. The lowest BCUT2D eigenvalue weighted by molar-refractivity contribution is -0.302. The van der Waals surface area contributed by atoms with Gasteiger partial charge in [-0.2, -0.15) is 0 Å². The van der Waals surface area contributed by atoms with E-state index in [2.05, 4.69) is 62.3 Å². The predicted molar refractivity (Wildman–Crippen MR) is 406 cm³/mol. The molecule has 10 heterocycles. The van der Waals surface area contributed by atoms with E-state index in [1.54, 1.807) is 52.4 Å². The molecule has 0 aromatic heterocycles. The maximum absolute atomic E-state index is 14.4. The van der Waals surface area contributed by atoms with Crippen molar-refractivity contribution in [3.8, 4) is 0 Å². The van der Waals surface area contributed by atoms with Crippen LogP contribution in [0.1, 0.15) is 185 Å². The molecule has 14 aliphatic rings. The Labute approximate surface area is 648 Å². The SMILES string of the molecule is CO[C@H]1C[C@H](O[C@@H]2/C(C)=C\C[C@@H]3C[C@@H](C[C@]4(C=C[C@H](C)[C@@H](C5CCCCC5)O4)O3)OC(=O)[C@@H]3C=C(C)/C(=N/O)[C@H]4OCC(=C/C=C\[C@@H]2C)[C@]43O)O[C@@H](C)[C@@H]1O.CO[C@H]1C[C@H](O[C@@H]2/C(C)=C\C[C@@H]3C[C@@H](C[C@]4(C=C[C@H](C)[C@@H](C5CCCCC5)O4)O3)OC(=O)[C@@H]3C=C(C)/C(=N\O)[C@H]4OCC(=C/C=C\[C@@H]2C)[C@]43O)O[C@@H](C)[C@@H]1O. The van der Waals surface area contributed by atoms with Crippen LogP contribution in [-0.4, -0.2) is 215 Å². The molecule has 28 atom stereocenters. The second-order valence-corrected chi connectivity index (χ2v) is 34.1. The van der Waals surface area contributed by atoms with Gasteiger partial charge in [-0.25, -0.2) is 0 Å². The molecular weight excluding hydrogens is 1410 g/mol. The van der Waals surface area contributed by atoms with Gasteiger partial charge in [-0.1, -0.05) is 149 Å². The molecule has 24 nitrogen and oxygen atoms in total. The van der Waals surface area contributed by atoms with Crippen LogP contribution in [0.2, 0.25) is 0 Å². The van der Waals surface area contributed by atoms with Crippen molar-refractivity contribution in [1.29, 1.82) is 0 Å². The van der Waals surface area contributed by atoms with Gasteiger partial charge in [-0.15, -0.1) is 0 Å². The van der Waals surface area contributed by atoms with Crippen molar-refractivity contribution in [2.24, 2.45) is 57.7 Å². The fraction of sp³-hybridized carbons (Fsp3) is 0.721. The zero-order chi connectivity index (χ0) is 78.1. The van der Waals surface area contributed by atoms with Crippen LogP contribution in [-0.2, 0) is 75.9 Å². The zero-order valence-electron chi connectivity index (χ0n) is 66.3. The number of allylic oxidation sites excluding steroid dienone is 4. The number of methoxy groups -OCH3 is 2. The number of aliphatic hydroxyl groups is 4. The van der Waals surface area contributed by atoms with Gasteiger partial charge in [0.1, 0.15) is 71.1 Å². The summed E-state index contributed by atoms with van der Waals surface area (Å²) in [5.41, 5.74) is 0.597. The van der Waals surface area contributed by atoms with Gasteiger partial charge in [0.15, 0.2) is 24.2 Å². The number of carbonyl (C=O) groups is 2. The lowest BCUT2D eigenvalue weighted by Gasteiger charge is -2.49. The fourth-order valence-corrected chi connectivity index (χ4v) is 20.0. The molecule has 4 bridgehead atoms. The Morgan fingerprint density at radius 2 is 0.891 bits per heavy atom. The summed E-state index contributed by atoms with van der Waals surface area (Å²) in [6, 6.07) is 0. The maximum Gasteiger partial charge on any atom is 0.316 e. The Morgan fingerprint density at radius 1 is 0.500 bits per heavy atom.